The molecule has 0 radical (unpaired) electrons. The molecule has 20 heavy (non-hydrogen) atoms. The second kappa shape index (κ2) is 7.48. The number of thioether (sulfide) groups is 1. The fraction of sp³-hybridized carbons (Fsp3) is 0.667. The summed E-state index contributed by atoms with van der Waals surface area (Å²) >= 11 is 3.63. The third-order valence-corrected chi connectivity index (χ3v) is 6.24. The molecule has 0 aliphatic heterocycles. The van der Waals surface area contributed by atoms with Crippen molar-refractivity contribution in [2.45, 2.75) is 43.5 Å². The number of rotatable bonds is 6. The molecule has 1 aliphatic rings. The van der Waals surface area contributed by atoms with E-state index in [2.05, 4.69) is 29.6 Å². The van der Waals surface area contributed by atoms with Crippen molar-refractivity contribution in [1.82, 2.24) is 10.2 Å². The highest BCUT2D eigenvalue weighted by Crippen LogP contribution is 2.31. The van der Waals surface area contributed by atoms with Crippen LogP contribution in [0.3, 0.4) is 0 Å². The normalized spacial score (nSPS) is 24.0. The van der Waals surface area contributed by atoms with Crippen LogP contribution in [-0.2, 0) is 4.79 Å². The Morgan fingerprint density at radius 2 is 2.40 bits per heavy atom. The van der Waals surface area contributed by atoms with Crippen LogP contribution < -0.4 is 5.32 Å². The van der Waals surface area contributed by atoms with Crippen molar-refractivity contribution in [3.05, 3.63) is 22.4 Å². The zero-order valence-electron chi connectivity index (χ0n) is 12.5. The van der Waals surface area contributed by atoms with Crippen molar-refractivity contribution in [2.75, 3.05) is 19.8 Å². The Hall–Kier alpha value is -0.520. The van der Waals surface area contributed by atoms with Gasteiger partial charge in [0.2, 0.25) is 5.91 Å². The van der Waals surface area contributed by atoms with Gasteiger partial charge in [-0.05, 0) is 44.5 Å². The van der Waals surface area contributed by atoms with Crippen LogP contribution in [-0.4, -0.2) is 41.9 Å². The van der Waals surface area contributed by atoms with Gasteiger partial charge in [-0.25, -0.2) is 0 Å². The van der Waals surface area contributed by atoms with E-state index in [1.165, 1.54) is 24.1 Å². The maximum atomic E-state index is 12.2. The Labute approximate surface area is 130 Å². The maximum absolute atomic E-state index is 12.2. The maximum Gasteiger partial charge on any atom is 0.234 e. The first-order valence-electron chi connectivity index (χ1n) is 7.17. The lowest BCUT2D eigenvalue weighted by Gasteiger charge is -2.28. The number of carbonyl (C=O) groups is 1. The number of nitrogens with zero attached hydrogens (tertiary/aromatic N) is 1. The highest BCUT2D eigenvalue weighted by atomic mass is 32.2. The van der Waals surface area contributed by atoms with Gasteiger partial charge in [-0.3, -0.25) is 9.69 Å². The molecule has 3 atom stereocenters. The molecule has 0 saturated heterocycles. The number of hydrogen-bond donors (Lipinski definition) is 1. The van der Waals surface area contributed by atoms with Gasteiger partial charge in [0.25, 0.3) is 0 Å². The van der Waals surface area contributed by atoms with E-state index < -0.39 is 0 Å². The van der Waals surface area contributed by atoms with Gasteiger partial charge < -0.3 is 5.32 Å². The van der Waals surface area contributed by atoms with Crippen molar-refractivity contribution < 1.29 is 4.79 Å². The van der Waals surface area contributed by atoms with E-state index in [4.69, 9.17) is 0 Å². The predicted molar refractivity (Wildman–Crippen MR) is 88.4 cm³/mol. The van der Waals surface area contributed by atoms with Crippen LogP contribution in [0.5, 0.6) is 0 Å². The molecule has 0 aromatic carbocycles. The van der Waals surface area contributed by atoms with Gasteiger partial charge >= 0.3 is 0 Å². The van der Waals surface area contributed by atoms with Crippen LogP contribution >= 0.6 is 23.1 Å². The zero-order valence-corrected chi connectivity index (χ0v) is 14.1. The molecule has 2 rings (SSSR count). The van der Waals surface area contributed by atoms with Crippen molar-refractivity contribution in [3.8, 4) is 0 Å². The monoisotopic (exact) mass is 312 g/mol. The molecule has 1 aromatic rings. The first kappa shape index (κ1) is 15.9. The molecule has 0 bridgehead atoms. The summed E-state index contributed by atoms with van der Waals surface area (Å²) in [5, 5.41) is 5.82. The zero-order chi connectivity index (χ0) is 14.5. The van der Waals surface area contributed by atoms with Gasteiger partial charge in [0.15, 0.2) is 0 Å². The second-order valence-electron chi connectivity index (χ2n) is 5.49. The molecule has 1 fully saturated rings. The topological polar surface area (TPSA) is 32.3 Å². The Bertz CT molecular complexity index is 422. The minimum absolute atomic E-state index is 0.107. The van der Waals surface area contributed by atoms with Crippen molar-refractivity contribution in [2.24, 2.45) is 0 Å². The summed E-state index contributed by atoms with van der Waals surface area (Å²) in [6.07, 6.45) is 5.96. The fourth-order valence-corrected chi connectivity index (χ4v) is 4.72. The number of hydrogen-bond acceptors (Lipinski definition) is 4. The lowest BCUT2D eigenvalue weighted by Crippen LogP contribution is -2.43. The average Bonchev–Trinajstić information content (AvgIpc) is 3.09. The van der Waals surface area contributed by atoms with Crippen LogP contribution in [0.1, 0.15) is 37.1 Å². The molecule has 1 heterocycles. The molecule has 1 aromatic heterocycles. The number of likely N-dealkylation sites (N-methyl/N-ethyl adjacent to an activating group) is 1. The molecular formula is C15H24N2OS2. The third kappa shape index (κ3) is 3.99. The molecule has 1 N–H and O–H groups in total. The van der Waals surface area contributed by atoms with E-state index >= 15 is 0 Å². The lowest BCUT2D eigenvalue weighted by molar-refractivity contribution is -0.123. The molecule has 1 amide bonds. The largest absolute Gasteiger partial charge is 0.348 e. The Balaban J connectivity index is 1.82. The second-order valence-corrected chi connectivity index (χ2v) is 7.55. The number of carbonyl (C=O) groups excluding carboxylic acids is 1. The Kier molecular flexibility index (Phi) is 5.93. The van der Waals surface area contributed by atoms with Gasteiger partial charge in [-0.1, -0.05) is 12.5 Å². The molecule has 1 saturated carbocycles. The highest BCUT2D eigenvalue weighted by molar-refractivity contribution is 7.99. The molecule has 1 aliphatic carbocycles. The van der Waals surface area contributed by atoms with E-state index in [1.54, 1.807) is 11.3 Å². The summed E-state index contributed by atoms with van der Waals surface area (Å²) in [6, 6.07) is 4.75. The van der Waals surface area contributed by atoms with Gasteiger partial charge in [0, 0.05) is 16.2 Å². The summed E-state index contributed by atoms with van der Waals surface area (Å²) in [5.74, 6) is 0.125. The van der Waals surface area contributed by atoms with Gasteiger partial charge in [-0.15, -0.1) is 11.3 Å². The number of thiophene rings is 1. The van der Waals surface area contributed by atoms with E-state index in [0.29, 0.717) is 17.8 Å². The van der Waals surface area contributed by atoms with Crippen LogP contribution in [0, 0.1) is 0 Å². The van der Waals surface area contributed by atoms with Gasteiger partial charge in [0.1, 0.15) is 0 Å². The van der Waals surface area contributed by atoms with Crippen molar-refractivity contribution in [1.29, 1.82) is 0 Å². The number of nitrogens with one attached hydrogen (secondary N) is 1. The number of amides is 1. The Morgan fingerprint density at radius 1 is 1.60 bits per heavy atom. The fourth-order valence-electron chi connectivity index (χ4n) is 2.93. The summed E-state index contributed by atoms with van der Waals surface area (Å²) in [7, 11) is 2.08. The van der Waals surface area contributed by atoms with Crippen LogP contribution in [0.4, 0.5) is 0 Å². The minimum atomic E-state index is 0.107. The van der Waals surface area contributed by atoms with E-state index in [0.717, 1.165) is 0 Å². The first-order valence-corrected chi connectivity index (χ1v) is 9.34. The predicted octanol–water partition coefficient (Wildman–Crippen LogP) is 3.14. The lowest BCUT2D eigenvalue weighted by atomic mass is 10.2. The summed E-state index contributed by atoms with van der Waals surface area (Å²) in [5.41, 5.74) is 0. The van der Waals surface area contributed by atoms with Crippen molar-refractivity contribution >= 4 is 29.0 Å². The Morgan fingerprint density at radius 3 is 3.05 bits per heavy atom. The summed E-state index contributed by atoms with van der Waals surface area (Å²) < 4.78 is 0. The van der Waals surface area contributed by atoms with Crippen LogP contribution in [0.2, 0.25) is 0 Å². The van der Waals surface area contributed by atoms with E-state index in [-0.39, 0.29) is 11.9 Å². The van der Waals surface area contributed by atoms with Crippen molar-refractivity contribution in [3.63, 3.8) is 0 Å². The van der Waals surface area contributed by atoms with Crippen LogP contribution in [0.25, 0.3) is 0 Å². The standard InChI is InChI=1S/C15H24N2OS2/c1-11(13-8-5-9-20-13)16-15(18)10-17(2)12-6-4-7-14(12)19-3/h5,8-9,11-12,14H,4,6-7,10H2,1-3H3,(H,16,18). The van der Waals surface area contributed by atoms with E-state index in [9.17, 15) is 4.79 Å². The SMILES string of the molecule is CSC1CCCC1N(C)CC(=O)NC(C)c1cccs1. The molecule has 5 heteroatoms. The summed E-state index contributed by atoms with van der Waals surface area (Å²) in [4.78, 5) is 15.6. The quantitative estimate of drug-likeness (QED) is 0.876. The van der Waals surface area contributed by atoms with E-state index in [1.807, 2.05) is 30.1 Å². The van der Waals surface area contributed by atoms with Gasteiger partial charge in [0.05, 0.1) is 12.6 Å². The van der Waals surface area contributed by atoms with Gasteiger partial charge in [-0.2, -0.15) is 11.8 Å². The van der Waals surface area contributed by atoms with Crippen LogP contribution in [0.15, 0.2) is 17.5 Å². The first-order chi connectivity index (χ1) is 9.61. The molecule has 112 valence electrons. The molecule has 3 nitrogen and oxygen atoms in total. The third-order valence-electron chi connectivity index (χ3n) is 4.03. The average molecular weight is 313 g/mol. The molecule has 0 spiro atoms. The summed E-state index contributed by atoms with van der Waals surface area (Å²) in [6.45, 7) is 2.54. The molecule has 3 unspecified atom stereocenters. The highest BCUT2D eigenvalue weighted by Gasteiger charge is 2.30. The molecular weight excluding hydrogens is 288 g/mol. The minimum Gasteiger partial charge on any atom is -0.348 e. The smallest absolute Gasteiger partial charge is 0.234 e.